The first-order chi connectivity index (χ1) is 17.2. The van der Waals surface area contributed by atoms with Crippen molar-refractivity contribution in [1.82, 2.24) is 4.31 Å². The van der Waals surface area contributed by atoms with Crippen LogP contribution >= 0.6 is 0 Å². The topological polar surface area (TPSA) is 79.6 Å². The number of allylic oxidation sites excluding steroid dienone is 4. The number of nitriles is 1. The molecule has 2 heterocycles. The quantitative estimate of drug-likeness (QED) is 0.483. The van der Waals surface area contributed by atoms with Gasteiger partial charge < -0.3 is 9.47 Å². The van der Waals surface area contributed by atoms with Crippen LogP contribution < -0.4 is 0 Å². The molecule has 4 rings (SSSR count). The lowest BCUT2D eigenvalue weighted by Crippen LogP contribution is -2.48. The Bertz CT molecular complexity index is 1180. The van der Waals surface area contributed by atoms with Crippen molar-refractivity contribution in [1.29, 1.82) is 5.26 Å². The maximum absolute atomic E-state index is 15.4. The molecule has 0 aromatic heterocycles. The van der Waals surface area contributed by atoms with Gasteiger partial charge in [-0.25, -0.2) is 12.8 Å². The number of rotatable bonds is 6. The van der Waals surface area contributed by atoms with Crippen LogP contribution in [0, 0.1) is 17.1 Å². The summed E-state index contributed by atoms with van der Waals surface area (Å²) in [5.41, 5.74) is 0.635. The molecule has 36 heavy (non-hydrogen) atoms. The highest BCUT2D eigenvalue weighted by molar-refractivity contribution is 7.90. The van der Waals surface area contributed by atoms with Gasteiger partial charge in [-0.1, -0.05) is 43.0 Å². The summed E-state index contributed by atoms with van der Waals surface area (Å²) < 4.78 is 55.3. The van der Waals surface area contributed by atoms with Crippen molar-refractivity contribution in [3.8, 4) is 6.07 Å². The molecule has 2 aliphatic heterocycles. The van der Waals surface area contributed by atoms with Crippen LogP contribution in [0.1, 0.15) is 63.5 Å². The normalized spacial score (nSPS) is 27.5. The first-order valence-electron chi connectivity index (χ1n) is 12.6. The fraction of sp³-hybridized carbons (Fsp3) is 0.536. The number of hydrogen-bond acceptors (Lipinski definition) is 5. The molecule has 3 aliphatic rings. The van der Waals surface area contributed by atoms with E-state index >= 15 is 4.39 Å². The molecule has 0 N–H and O–H groups in total. The highest BCUT2D eigenvalue weighted by Gasteiger charge is 2.47. The van der Waals surface area contributed by atoms with Crippen molar-refractivity contribution in [3.63, 3.8) is 0 Å². The molecule has 0 amide bonds. The number of halogens is 1. The van der Waals surface area contributed by atoms with Crippen LogP contribution in [0.5, 0.6) is 0 Å². The molecular weight excluding hydrogens is 479 g/mol. The van der Waals surface area contributed by atoms with Crippen molar-refractivity contribution in [3.05, 3.63) is 71.6 Å². The Kier molecular flexibility index (Phi) is 7.86. The molecule has 0 bridgehead atoms. The summed E-state index contributed by atoms with van der Waals surface area (Å²) in [6.07, 6.45) is 10.6. The molecule has 1 spiro atoms. The first-order valence-corrected chi connectivity index (χ1v) is 14.1. The van der Waals surface area contributed by atoms with Crippen LogP contribution in [0.3, 0.4) is 0 Å². The average molecular weight is 515 g/mol. The molecular formula is C28H35FN2O4S. The summed E-state index contributed by atoms with van der Waals surface area (Å²) in [5, 5.41) is 9.32. The van der Waals surface area contributed by atoms with Crippen molar-refractivity contribution < 1.29 is 22.3 Å². The third kappa shape index (κ3) is 5.08. The molecule has 2 atom stereocenters. The predicted molar refractivity (Wildman–Crippen MR) is 137 cm³/mol. The van der Waals surface area contributed by atoms with E-state index in [1.165, 1.54) is 10.4 Å². The smallest absolute Gasteiger partial charge is 0.221 e. The van der Waals surface area contributed by atoms with Crippen LogP contribution in [-0.2, 0) is 31.5 Å². The molecule has 0 radical (unpaired) electrons. The van der Waals surface area contributed by atoms with E-state index in [0.29, 0.717) is 68.4 Å². The van der Waals surface area contributed by atoms with E-state index in [-0.39, 0.29) is 12.6 Å². The van der Waals surface area contributed by atoms with Crippen LogP contribution in [0.2, 0.25) is 0 Å². The summed E-state index contributed by atoms with van der Waals surface area (Å²) in [7, 11) is -3.71. The Hall–Kier alpha value is -2.31. The highest BCUT2D eigenvalue weighted by atomic mass is 32.2. The Morgan fingerprint density at radius 1 is 1.22 bits per heavy atom. The van der Waals surface area contributed by atoms with Gasteiger partial charge >= 0.3 is 0 Å². The van der Waals surface area contributed by atoms with Crippen LogP contribution in [0.4, 0.5) is 4.39 Å². The second-order valence-corrected chi connectivity index (χ2v) is 12.1. The molecule has 194 valence electrons. The van der Waals surface area contributed by atoms with Crippen molar-refractivity contribution >= 4 is 10.0 Å². The SMILES string of the molecule is C=C(/C=C\C=C/C)[C@H]1CC[C@H](C)N(Cc2ccc(C3(C#N)CCC4(CC3)OCCO4)cc2F)S1(=O)=O. The van der Waals surface area contributed by atoms with E-state index < -0.39 is 32.3 Å². The number of ether oxygens (including phenoxy) is 2. The lowest BCUT2D eigenvalue weighted by atomic mass is 9.68. The molecule has 0 unspecified atom stereocenters. The largest absolute Gasteiger partial charge is 0.348 e. The van der Waals surface area contributed by atoms with Gasteiger partial charge in [0.25, 0.3) is 0 Å². The second-order valence-electron chi connectivity index (χ2n) is 10.1. The number of nitrogens with zero attached hydrogens (tertiary/aromatic N) is 2. The monoisotopic (exact) mass is 514 g/mol. The van der Waals surface area contributed by atoms with Gasteiger partial charge in [-0.2, -0.15) is 9.57 Å². The van der Waals surface area contributed by atoms with E-state index in [4.69, 9.17) is 9.47 Å². The fourth-order valence-corrected chi connectivity index (χ4v) is 7.72. The van der Waals surface area contributed by atoms with Gasteiger partial charge in [0.1, 0.15) is 11.1 Å². The molecule has 3 fully saturated rings. The van der Waals surface area contributed by atoms with Crippen molar-refractivity contribution in [2.45, 2.75) is 81.4 Å². The zero-order valence-electron chi connectivity index (χ0n) is 21.1. The van der Waals surface area contributed by atoms with Gasteiger partial charge in [-0.3, -0.25) is 0 Å². The van der Waals surface area contributed by atoms with Gasteiger partial charge in [-0.15, -0.1) is 0 Å². The van der Waals surface area contributed by atoms with E-state index in [1.54, 1.807) is 24.3 Å². The standard InChI is InChI=1S/C28H35FN2O4S/c1-4-5-6-7-21(2)26-11-8-22(3)31(36(26,32)33)19-23-9-10-24(18-25(23)29)27(20-30)12-14-28(15-13-27)34-16-17-35-28/h4-7,9-10,18,22,26H,2,8,11-17,19H2,1,3H3/b5-4-,7-6-/t22-,26+/m0/s1. The summed E-state index contributed by atoms with van der Waals surface area (Å²) in [6.45, 7) is 8.79. The van der Waals surface area contributed by atoms with Crippen molar-refractivity contribution in [2.75, 3.05) is 13.2 Å². The third-order valence-corrected chi connectivity index (χ3v) is 10.3. The lowest BCUT2D eigenvalue weighted by molar-refractivity contribution is -0.182. The maximum Gasteiger partial charge on any atom is 0.221 e. The minimum Gasteiger partial charge on any atom is -0.348 e. The van der Waals surface area contributed by atoms with E-state index in [9.17, 15) is 13.7 Å². The second kappa shape index (κ2) is 10.6. The molecule has 2 saturated heterocycles. The highest BCUT2D eigenvalue weighted by Crippen LogP contribution is 2.46. The van der Waals surface area contributed by atoms with Crippen LogP contribution in [0.15, 0.2) is 54.7 Å². The molecule has 6 nitrogen and oxygen atoms in total. The van der Waals surface area contributed by atoms with Gasteiger partial charge in [0.05, 0.1) is 24.7 Å². The molecule has 1 aromatic carbocycles. The summed E-state index contributed by atoms with van der Waals surface area (Å²) in [6, 6.07) is 6.98. The molecule has 1 saturated carbocycles. The first kappa shape index (κ1) is 26.7. The number of sulfonamides is 1. The minimum atomic E-state index is -3.71. The zero-order valence-corrected chi connectivity index (χ0v) is 21.9. The lowest BCUT2D eigenvalue weighted by Gasteiger charge is -2.40. The zero-order chi connectivity index (χ0) is 26.0. The Labute approximate surface area is 214 Å². The average Bonchev–Trinajstić information content (AvgIpc) is 3.31. The Morgan fingerprint density at radius 2 is 1.92 bits per heavy atom. The van der Waals surface area contributed by atoms with Gasteiger partial charge in [0.15, 0.2) is 5.79 Å². The minimum absolute atomic E-state index is 0.0533. The number of hydrogen-bond donors (Lipinski definition) is 0. The molecule has 1 aliphatic carbocycles. The Balaban J connectivity index is 1.53. The van der Waals surface area contributed by atoms with Crippen LogP contribution in [0.25, 0.3) is 0 Å². The fourth-order valence-electron chi connectivity index (χ4n) is 5.57. The summed E-state index contributed by atoms with van der Waals surface area (Å²) >= 11 is 0. The van der Waals surface area contributed by atoms with Crippen molar-refractivity contribution in [2.24, 2.45) is 0 Å². The predicted octanol–water partition coefficient (Wildman–Crippen LogP) is 5.28. The van der Waals surface area contributed by atoms with E-state index in [0.717, 1.165) is 0 Å². The van der Waals surface area contributed by atoms with Gasteiger partial charge in [-0.05, 0) is 56.7 Å². The summed E-state index contributed by atoms with van der Waals surface area (Å²) in [4.78, 5) is 0. The Morgan fingerprint density at radius 3 is 2.53 bits per heavy atom. The van der Waals surface area contributed by atoms with E-state index in [2.05, 4.69) is 12.6 Å². The third-order valence-electron chi connectivity index (χ3n) is 7.88. The maximum atomic E-state index is 15.4. The number of benzene rings is 1. The van der Waals surface area contributed by atoms with E-state index in [1.807, 2.05) is 26.0 Å². The molecule has 8 heteroatoms. The van der Waals surface area contributed by atoms with Gasteiger partial charge in [0, 0.05) is 31.0 Å². The van der Waals surface area contributed by atoms with Gasteiger partial charge in [0.2, 0.25) is 10.0 Å². The summed E-state index contributed by atoms with van der Waals surface area (Å²) in [5.74, 6) is -1.10. The molecule has 1 aromatic rings. The van der Waals surface area contributed by atoms with Crippen LogP contribution in [-0.4, -0.2) is 43.0 Å².